The van der Waals surface area contributed by atoms with E-state index in [1.807, 2.05) is 0 Å². The lowest BCUT2D eigenvalue weighted by molar-refractivity contribution is 0.0444. The van der Waals surface area contributed by atoms with E-state index < -0.39 is 11.9 Å². The molecule has 0 aliphatic carbocycles. The number of carbonyl (C=O) groups excluding carboxylic acids is 2. The first-order chi connectivity index (χ1) is 7.29. The van der Waals surface area contributed by atoms with Gasteiger partial charge in [0.1, 0.15) is 0 Å². The fraction of sp³-hybridized carbons (Fsp3) is 0. The van der Waals surface area contributed by atoms with E-state index in [-0.39, 0.29) is 0 Å². The van der Waals surface area contributed by atoms with Crippen LogP contribution in [0.1, 0.15) is 20.7 Å². The Bertz CT molecular complexity index is 334. The zero-order valence-electron chi connectivity index (χ0n) is 8.36. The van der Waals surface area contributed by atoms with Gasteiger partial charge < -0.3 is 4.74 Å². The van der Waals surface area contributed by atoms with Crippen LogP contribution in [0.15, 0.2) is 50.6 Å². The molecule has 0 radical (unpaired) electrons. The highest BCUT2D eigenvalue weighted by atomic mass is 16.6. The predicted molar refractivity (Wildman–Crippen MR) is 58.7 cm³/mol. The van der Waals surface area contributed by atoms with Gasteiger partial charge in [-0.05, 0) is 12.1 Å². The van der Waals surface area contributed by atoms with E-state index in [0.717, 1.165) is 0 Å². The van der Waals surface area contributed by atoms with Gasteiger partial charge in [-0.25, -0.2) is 9.59 Å². The molecule has 2 rings (SSSR count). The number of hydrogen-bond acceptors (Lipinski definition) is 3. The Morgan fingerprint density at radius 1 is 0.800 bits per heavy atom. The second-order valence-electron chi connectivity index (χ2n) is 2.22. The van der Waals surface area contributed by atoms with Crippen LogP contribution in [0.5, 0.6) is 0 Å². The van der Waals surface area contributed by atoms with Gasteiger partial charge in [0.25, 0.3) is 0 Å². The number of benzene rings is 1. The number of rotatable bonds is 0. The first-order valence-electron chi connectivity index (χ1n) is 4.14. The molecule has 1 aliphatic heterocycles. The molecular formula is C12H12O3. The number of fused-ring (bicyclic) bond motifs is 1. The number of carbonyl (C=O) groups is 2. The van der Waals surface area contributed by atoms with Gasteiger partial charge in [-0.1, -0.05) is 12.1 Å². The third kappa shape index (κ3) is 2.64. The SMILES string of the molecule is C=C.C=C.O=C1OC(=O)c2ccccc21. The Balaban J connectivity index is 0.000000442. The summed E-state index contributed by atoms with van der Waals surface area (Å²) in [7, 11) is 0. The summed E-state index contributed by atoms with van der Waals surface area (Å²) in [4.78, 5) is 21.7. The maximum Gasteiger partial charge on any atom is 0.346 e. The maximum atomic E-state index is 10.8. The molecule has 15 heavy (non-hydrogen) atoms. The highest BCUT2D eigenvalue weighted by Crippen LogP contribution is 2.18. The summed E-state index contributed by atoms with van der Waals surface area (Å²) < 4.78 is 4.35. The van der Waals surface area contributed by atoms with Gasteiger partial charge in [0.2, 0.25) is 0 Å². The lowest BCUT2D eigenvalue weighted by Gasteiger charge is -1.86. The van der Waals surface area contributed by atoms with Gasteiger partial charge in [-0.15, -0.1) is 26.3 Å². The van der Waals surface area contributed by atoms with Crippen molar-refractivity contribution in [2.24, 2.45) is 0 Å². The average molecular weight is 204 g/mol. The van der Waals surface area contributed by atoms with Crippen LogP contribution in [0.4, 0.5) is 0 Å². The number of ether oxygens (including phenoxy) is 1. The van der Waals surface area contributed by atoms with Crippen LogP contribution in [-0.4, -0.2) is 11.9 Å². The molecule has 0 unspecified atom stereocenters. The van der Waals surface area contributed by atoms with E-state index in [2.05, 4.69) is 31.1 Å². The predicted octanol–water partition coefficient (Wildman–Crippen LogP) is 2.60. The second-order valence-corrected chi connectivity index (χ2v) is 2.22. The molecule has 0 amide bonds. The molecule has 3 nitrogen and oxygen atoms in total. The summed E-state index contributed by atoms with van der Waals surface area (Å²) in [6.07, 6.45) is 0. The molecule has 3 heteroatoms. The minimum Gasteiger partial charge on any atom is -0.386 e. The van der Waals surface area contributed by atoms with E-state index >= 15 is 0 Å². The Labute approximate surface area is 88.7 Å². The van der Waals surface area contributed by atoms with Gasteiger partial charge in [-0.2, -0.15) is 0 Å². The summed E-state index contributed by atoms with van der Waals surface area (Å²) in [5.74, 6) is -1.10. The highest BCUT2D eigenvalue weighted by Gasteiger charge is 2.28. The topological polar surface area (TPSA) is 43.4 Å². The fourth-order valence-electron chi connectivity index (χ4n) is 1.03. The third-order valence-corrected chi connectivity index (χ3v) is 1.55. The van der Waals surface area contributed by atoms with Crippen molar-refractivity contribution < 1.29 is 14.3 Å². The molecule has 0 saturated heterocycles. The third-order valence-electron chi connectivity index (χ3n) is 1.55. The first-order valence-corrected chi connectivity index (χ1v) is 4.14. The monoisotopic (exact) mass is 204 g/mol. The van der Waals surface area contributed by atoms with Crippen molar-refractivity contribution in [2.75, 3.05) is 0 Å². The van der Waals surface area contributed by atoms with Crippen LogP contribution in [0, 0.1) is 0 Å². The number of cyclic esters (lactones) is 2. The van der Waals surface area contributed by atoms with Gasteiger partial charge in [0, 0.05) is 0 Å². The number of hydrogen-bond donors (Lipinski definition) is 0. The van der Waals surface area contributed by atoms with Crippen molar-refractivity contribution in [2.45, 2.75) is 0 Å². The van der Waals surface area contributed by atoms with Crippen LogP contribution in [0.3, 0.4) is 0 Å². The minimum atomic E-state index is -0.550. The molecule has 0 atom stereocenters. The van der Waals surface area contributed by atoms with Gasteiger partial charge in [0.15, 0.2) is 0 Å². The Kier molecular flexibility index (Phi) is 5.41. The van der Waals surface area contributed by atoms with Crippen LogP contribution in [-0.2, 0) is 4.74 Å². The Morgan fingerprint density at radius 2 is 1.13 bits per heavy atom. The highest BCUT2D eigenvalue weighted by molar-refractivity contribution is 6.14. The molecule has 0 bridgehead atoms. The van der Waals surface area contributed by atoms with Crippen LogP contribution < -0.4 is 0 Å². The van der Waals surface area contributed by atoms with Gasteiger partial charge in [0.05, 0.1) is 11.1 Å². The normalized spacial score (nSPS) is 11.2. The standard InChI is InChI=1S/C8H4O3.2C2H4/c9-7-5-3-1-2-4-6(5)8(10)11-7;2*1-2/h1-4H;2*1-2H2. The smallest absolute Gasteiger partial charge is 0.346 e. The molecule has 0 fully saturated rings. The van der Waals surface area contributed by atoms with Gasteiger partial charge >= 0.3 is 11.9 Å². The largest absolute Gasteiger partial charge is 0.386 e. The lowest BCUT2D eigenvalue weighted by atomic mass is 10.1. The molecule has 78 valence electrons. The summed E-state index contributed by atoms with van der Waals surface area (Å²) >= 11 is 0. The fourth-order valence-corrected chi connectivity index (χ4v) is 1.03. The summed E-state index contributed by atoms with van der Waals surface area (Å²) in [5, 5.41) is 0. The Morgan fingerprint density at radius 3 is 1.47 bits per heavy atom. The van der Waals surface area contributed by atoms with Crippen LogP contribution >= 0.6 is 0 Å². The summed E-state index contributed by atoms with van der Waals surface area (Å²) in [6.45, 7) is 12.0. The van der Waals surface area contributed by atoms with E-state index in [4.69, 9.17) is 0 Å². The quantitative estimate of drug-likeness (QED) is 0.370. The minimum absolute atomic E-state index is 0.359. The molecule has 1 heterocycles. The van der Waals surface area contributed by atoms with Crippen molar-refractivity contribution in [1.29, 1.82) is 0 Å². The molecule has 0 N–H and O–H groups in total. The number of esters is 2. The molecular weight excluding hydrogens is 192 g/mol. The molecule has 1 aliphatic rings. The Hall–Kier alpha value is -2.16. The van der Waals surface area contributed by atoms with Crippen molar-refractivity contribution in [3.63, 3.8) is 0 Å². The van der Waals surface area contributed by atoms with E-state index in [1.54, 1.807) is 24.3 Å². The van der Waals surface area contributed by atoms with E-state index in [0.29, 0.717) is 11.1 Å². The zero-order valence-corrected chi connectivity index (χ0v) is 8.36. The summed E-state index contributed by atoms with van der Waals surface area (Å²) in [5.41, 5.74) is 0.718. The summed E-state index contributed by atoms with van der Waals surface area (Å²) in [6, 6.07) is 6.53. The lowest BCUT2D eigenvalue weighted by Crippen LogP contribution is -1.96. The first kappa shape index (κ1) is 12.8. The molecule has 1 aromatic rings. The molecule has 1 aromatic carbocycles. The van der Waals surface area contributed by atoms with Crippen LogP contribution in [0.25, 0.3) is 0 Å². The zero-order chi connectivity index (χ0) is 11.8. The average Bonchev–Trinajstić information content (AvgIpc) is 2.61. The second kappa shape index (κ2) is 6.32. The molecule has 0 saturated carbocycles. The van der Waals surface area contributed by atoms with Crippen molar-refractivity contribution in [1.82, 2.24) is 0 Å². The molecule has 0 aromatic heterocycles. The molecule has 0 spiro atoms. The van der Waals surface area contributed by atoms with Crippen molar-refractivity contribution in [3.05, 3.63) is 61.7 Å². The maximum absolute atomic E-state index is 10.8. The van der Waals surface area contributed by atoms with Crippen molar-refractivity contribution in [3.8, 4) is 0 Å². The van der Waals surface area contributed by atoms with Crippen molar-refractivity contribution >= 4 is 11.9 Å². The van der Waals surface area contributed by atoms with E-state index in [9.17, 15) is 9.59 Å². The van der Waals surface area contributed by atoms with E-state index in [1.165, 1.54) is 0 Å². The van der Waals surface area contributed by atoms with Gasteiger partial charge in [-0.3, -0.25) is 0 Å². The van der Waals surface area contributed by atoms with Crippen LogP contribution in [0.2, 0.25) is 0 Å².